The summed E-state index contributed by atoms with van der Waals surface area (Å²) in [6.07, 6.45) is 1.57. The standard InChI is InChI=1S/C16H11BrClNO2/c1-9(20)10-4-2-3-5-12(10)19-8-14(21)15-13(19)7-6-11(17)16(15)18/h2-8,21H,1H3. The number of hydrogen-bond donors (Lipinski definition) is 1. The summed E-state index contributed by atoms with van der Waals surface area (Å²) in [5.41, 5.74) is 2.05. The Morgan fingerprint density at radius 3 is 2.67 bits per heavy atom. The van der Waals surface area contributed by atoms with E-state index in [2.05, 4.69) is 15.9 Å². The van der Waals surface area contributed by atoms with Crippen LogP contribution in [0.1, 0.15) is 17.3 Å². The van der Waals surface area contributed by atoms with E-state index in [4.69, 9.17) is 11.6 Å². The Hall–Kier alpha value is -1.78. The number of rotatable bonds is 2. The monoisotopic (exact) mass is 363 g/mol. The van der Waals surface area contributed by atoms with E-state index in [0.29, 0.717) is 26.1 Å². The van der Waals surface area contributed by atoms with Gasteiger partial charge in [-0.1, -0.05) is 23.7 Å². The highest BCUT2D eigenvalue weighted by Gasteiger charge is 2.16. The molecule has 3 nitrogen and oxygen atoms in total. The number of Topliss-reactive ketones (excluding diaryl/α,β-unsaturated/α-hetero) is 1. The minimum absolute atomic E-state index is 0.0323. The average molecular weight is 365 g/mol. The van der Waals surface area contributed by atoms with Crippen molar-refractivity contribution in [3.8, 4) is 11.4 Å². The highest BCUT2D eigenvalue weighted by molar-refractivity contribution is 9.10. The second-order valence-electron chi connectivity index (χ2n) is 4.71. The summed E-state index contributed by atoms with van der Waals surface area (Å²) in [7, 11) is 0. The molecule has 1 N–H and O–H groups in total. The molecule has 0 bridgehead atoms. The zero-order valence-corrected chi connectivity index (χ0v) is 13.4. The Labute approximate surface area is 134 Å². The maximum Gasteiger partial charge on any atom is 0.161 e. The van der Waals surface area contributed by atoms with Gasteiger partial charge in [-0.3, -0.25) is 4.79 Å². The molecule has 0 fully saturated rings. The smallest absolute Gasteiger partial charge is 0.161 e. The molecule has 5 heteroatoms. The van der Waals surface area contributed by atoms with E-state index in [0.717, 1.165) is 5.52 Å². The predicted octanol–water partition coefficient (Wildman–Crippen LogP) is 4.95. The van der Waals surface area contributed by atoms with Gasteiger partial charge in [-0.25, -0.2) is 0 Å². The molecule has 2 aromatic carbocycles. The van der Waals surface area contributed by atoms with Crippen molar-refractivity contribution in [2.24, 2.45) is 0 Å². The number of carbonyl (C=O) groups excluding carboxylic acids is 1. The predicted molar refractivity (Wildman–Crippen MR) is 87.7 cm³/mol. The quantitative estimate of drug-likeness (QED) is 0.653. The first-order valence-electron chi connectivity index (χ1n) is 6.29. The molecule has 0 saturated carbocycles. The first-order chi connectivity index (χ1) is 10.0. The van der Waals surface area contributed by atoms with Crippen LogP contribution in [0.2, 0.25) is 5.02 Å². The van der Waals surface area contributed by atoms with Crippen LogP contribution in [0.3, 0.4) is 0 Å². The zero-order valence-electron chi connectivity index (χ0n) is 11.1. The van der Waals surface area contributed by atoms with Gasteiger partial charge in [0.25, 0.3) is 0 Å². The molecule has 3 rings (SSSR count). The van der Waals surface area contributed by atoms with Gasteiger partial charge in [-0.15, -0.1) is 0 Å². The normalized spacial score (nSPS) is 11.0. The van der Waals surface area contributed by atoms with Gasteiger partial charge in [0, 0.05) is 10.0 Å². The van der Waals surface area contributed by atoms with Gasteiger partial charge in [0.05, 0.1) is 27.8 Å². The minimum atomic E-state index is -0.0323. The van der Waals surface area contributed by atoms with Crippen molar-refractivity contribution in [1.29, 1.82) is 0 Å². The molecular weight excluding hydrogens is 354 g/mol. The van der Waals surface area contributed by atoms with Crippen LogP contribution in [-0.2, 0) is 0 Å². The number of nitrogens with zero attached hydrogens (tertiary/aromatic N) is 1. The number of para-hydroxylation sites is 1. The number of aromatic hydroxyl groups is 1. The Bertz CT molecular complexity index is 870. The lowest BCUT2D eigenvalue weighted by molar-refractivity contribution is 0.101. The van der Waals surface area contributed by atoms with Crippen molar-refractivity contribution in [3.63, 3.8) is 0 Å². The van der Waals surface area contributed by atoms with Crippen LogP contribution in [-0.4, -0.2) is 15.5 Å². The van der Waals surface area contributed by atoms with E-state index in [9.17, 15) is 9.90 Å². The largest absolute Gasteiger partial charge is 0.506 e. The highest BCUT2D eigenvalue weighted by Crippen LogP contribution is 2.39. The third-order valence-electron chi connectivity index (χ3n) is 3.38. The van der Waals surface area contributed by atoms with Gasteiger partial charge >= 0.3 is 0 Å². The summed E-state index contributed by atoms with van der Waals surface area (Å²) >= 11 is 9.59. The molecular formula is C16H11BrClNO2. The van der Waals surface area contributed by atoms with Crippen LogP contribution in [0.4, 0.5) is 0 Å². The van der Waals surface area contributed by atoms with E-state index >= 15 is 0 Å². The first kappa shape index (κ1) is 14.2. The number of aromatic nitrogens is 1. The lowest BCUT2D eigenvalue weighted by Crippen LogP contribution is -2.02. The molecule has 0 unspecified atom stereocenters. The lowest BCUT2D eigenvalue weighted by Gasteiger charge is -2.10. The summed E-state index contributed by atoms with van der Waals surface area (Å²) in [5.74, 6) is 0.0461. The van der Waals surface area contributed by atoms with Crippen molar-refractivity contribution in [2.75, 3.05) is 0 Å². The summed E-state index contributed by atoms with van der Waals surface area (Å²) in [6, 6.07) is 10.9. The van der Waals surface area contributed by atoms with Crippen LogP contribution in [0.5, 0.6) is 5.75 Å². The molecule has 106 valence electrons. The lowest BCUT2D eigenvalue weighted by atomic mass is 10.1. The van der Waals surface area contributed by atoms with Gasteiger partial charge in [-0.05, 0) is 47.1 Å². The number of halogens is 2. The highest BCUT2D eigenvalue weighted by atomic mass is 79.9. The van der Waals surface area contributed by atoms with Gasteiger partial charge in [0.1, 0.15) is 5.75 Å². The van der Waals surface area contributed by atoms with Crippen molar-refractivity contribution in [3.05, 3.63) is 57.7 Å². The summed E-state index contributed by atoms with van der Waals surface area (Å²) < 4.78 is 2.49. The fourth-order valence-corrected chi connectivity index (χ4v) is 3.01. The van der Waals surface area contributed by atoms with E-state index in [1.54, 1.807) is 16.8 Å². The van der Waals surface area contributed by atoms with E-state index in [-0.39, 0.29) is 11.5 Å². The third-order valence-corrected chi connectivity index (χ3v) is 4.66. The number of fused-ring (bicyclic) bond motifs is 1. The van der Waals surface area contributed by atoms with Crippen LogP contribution < -0.4 is 0 Å². The first-order valence-corrected chi connectivity index (χ1v) is 7.46. The molecule has 0 aliphatic heterocycles. The molecule has 0 aliphatic carbocycles. The van der Waals surface area contributed by atoms with Crippen LogP contribution in [0.25, 0.3) is 16.6 Å². The van der Waals surface area contributed by atoms with Crippen molar-refractivity contribution in [1.82, 2.24) is 4.57 Å². The Morgan fingerprint density at radius 1 is 1.24 bits per heavy atom. The Kier molecular flexibility index (Phi) is 3.51. The summed E-state index contributed by atoms with van der Waals surface area (Å²) in [5, 5.41) is 11.2. The number of carbonyl (C=O) groups is 1. The molecule has 0 aliphatic rings. The Balaban J connectivity index is 2.38. The van der Waals surface area contributed by atoms with Gasteiger partial charge in [-0.2, -0.15) is 0 Å². The topological polar surface area (TPSA) is 42.2 Å². The van der Waals surface area contributed by atoms with Crippen molar-refractivity contribution in [2.45, 2.75) is 6.92 Å². The van der Waals surface area contributed by atoms with Gasteiger partial charge in [0.2, 0.25) is 0 Å². The van der Waals surface area contributed by atoms with Crippen molar-refractivity contribution < 1.29 is 9.90 Å². The minimum Gasteiger partial charge on any atom is -0.506 e. The third kappa shape index (κ3) is 2.24. The fraction of sp³-hybridized carbons (Fsp3) is 0.0625. The average Bonchev–Trinajstić information content (AvgIpc) is 2.80. The molecule has 21 heavy (non-hydrogen) atoms. The van der Waals surface area contributed by atoms with Crippen molar-refractivity contribution >= 4 is 44.2 Å². The number of hydrogen-bond acceptors (Lipinski definition) is 2. The van der Waals surface area contributed by atoms with Gasteiger partial charge in [0.15, 0.2) is 5.78 Å². The summed E-state index contributed by atoms with van der Waals surface area (Å²) in [4.78, 5) is 11.8. The molecule has 1 heterocycles. The molecule has 0 saturated heterocycles. The van der Waals surface area contributed by atoms with E-state index in [1.165, 1.54) is 6.92 Å². The molecule has 0 radical (unpaired) electrons. The fourth-order valence-electron chi connectivity index (χ4n) is 2.42. The van der Waals surface area contributed by atoms with Crippen LogP contribution >= 0.6 is 27.5 Å². The van der Waals surface area contributed by atoms with Gasteiger partial charge < -0.3 is 9.67 Å². The van der Waals surface area contributed by atoms with E-state index < -0.39 is 0 Å². The summed E-state index contributed by atoms with van der Waals surface area (Å²) in [6.45, 7) is 1.52. The molecule has 1 aromatic heterocycles. The second kappa shape index (κ2) is 5.20. The maximum absolute atomic E-state index is 11.8. The SMILES string of the molecule is CC(=O)c1ccccc1-n1cc(O)c2c(Cl)c(Br)ccc21. The zero-order chi connectivity index (χ0) is 15.1. The Morgan fingerprint density at radius 2 is 1.95 bits per heavy atom. The maximum atomic E-state index is 11.8. The van der Waals surface area contributed by atoms with E-state index in [1.807, 2.05) is 30.3 Å². The molecule has 0 spiro atoms. The number of benzene rings is 2. The number of ketones is 1. The molecule has 0 amide bonds. The van der Waals surface area contributed by atoms with Crippen LogP contribution in [0, 0.1) is 0 Å². The second-order valence-corrected chi connectivity index (χ2v) is 5.95. The molecule has 3 aromatic rings. The molecule has 0 atom stereocenters. The van der Waals surface area contributed by atoms with Crippen LogP contribution in [0.15, 0.2) is 47.1 Å².